The number of imide groups is 1. The zero-order chi connectivity index (χ0) is 23.1. The maximum atomic E-state index is 13.0. The lowest BCUT2D eigenvalue weighted by atomic mass is 10.0. The summed E-state index contributed by atoms with van der Waals surface area (Å²) < 4.78 is 6.54. The first kappa shape index (κ1) is 21.6. The smallest absolute Gasteiger partial charge is 0.255 e. The normalized spacial score (nSPS) is 24.2. The Morgan fingerprint density at radius 3 is 2.61 bits per heavy atom. The number of piperidine rings is 1. The van der Waals surface area contributed by atoms with Crippen LogP contribution in [0.15, 0.2) is 42.5 Å². The van der Waals surface area contributed by atoms with Gasteiger partial charge < -0.3 is 9.64 Å². The molecule has 0 bridgehead atoms. The summed E-state index contributed by atoms with van der Waals surface area (Å²) in [4.78, 5) is 40.7. The van der Waals surface area contributed by atoms with Gasteiger partial charge in [-0.25, -0.2) is 0 Å². The number of likely N-dealkylation sites (N-methyl/N-ethyl adjacent to an activating group) is 1. The van der Waals surface area contributed by atoms with Gasteiger partial charge in [0.15, 0.2) is 0 Å². The molecule has 2 aromatic rings. The molecule has 1 saturated heterocycles. The molecule has 2 aliphatic heterocycles. The van der Waals surface area contributed by atoms with Gasteiger partial charge in [-0.15, -0.1) is 0 Å². The van der Waals surface area contributed by atoms with Crippen molar-refractivity contribution >= 4 is 17.7 Å². The molecule has 3 amide bonds. The van der Waals surface area contributed by atoms with E-state index in [9.17, 15) is 14.4 Å². The van der Waals surface area contributed by atoms with Crippen molar-refractivity contribution in [1.82, 2.24) is 15.1 Å². The predicted octanol–water partition coefficient (Wildman–Crippen LogP) is 2.83. The molecule has 172 valence electrons. The van der Waals surface area contributed by atoms with Gasteiger partial charge in [-0.1, -0.05) is 38.1 Å². The average molecular weight is 448 g/mol. The second-order valence-electron chi connectivity index (χ2n) is 8.94. The van der Waals surface area contributed by atoms with Crippen LogP contribution in [0.2, 0.25) is 0 Å². The molecule has 1 N–H and O–H groups in total. The molecule has 2 heterocycles. The molecular formula is C26H29N3O4. The van der Waals surface area contributed by atoms with Crippen LogP contribution in [0, 0.1) is 0 Å². The molecule has 5 rings (SSSR count). The summed E-state index contributed by atoms with van der Waals surface area (Å²) in [6.07, 6.45) is 1.44. The molecule has 7 heteroatoms. The van der Waals surface area contributed by atoms with Gasteiger partial charge >= 0.3 is 0 Å². The van der Waals surface area contributed by atoms with Crippen LogP contribution in [0.4, 0.5) is 0 Å². The number of rotatable bonds is 6. The lowest BCUT2D eigenvalue weighted by Crippen LogP contribution is -2.52. The van der Waals surface area contributed by atoms with Crippen LogP contribution in [0.25, 0.3) is 0 Å². The quantitative estimate of drug-likeness (QED) is 0.689. The van der Waals surface area contributed by atoms with Crippen LogP contribution >= 0.6 is 0 Å². The van der Waals surface area contributed by atoms with Gasteiger partial charge in [0.2, 0.25) is 11.8 Å². The van der Waals surface area contributed by atoms with E-state index in [2.05, 4.69) is 48.3 Å². The molecule has 3 aliphatic rings. The summed E-state index contributed by atoms with van der Waals surface area (Å²) in [6.45, 7) is 6.57. The van der Waals surface area contributed by atoms with Crippen molar-refractivity contribution < 1.29 is 19.1 Å². The van der Waals surface area contributed by atoms with E-state index in [1.165, 1.54) is 11.1 Å². The van der Waals surface area contributed by atoms with E-state index in [-0.39, 0.29) is 30.4 Å². The van der Waals surface area contributed by atoms with Gasteiger partial charge in [0.1, 0.15) is 17.9 Å². The van der Waals surface area contributed by atoms with Crippen LogP contribution in [-0.4, -0.2) is 52.8 Å². The Labute approximate surface area is 193 Å². The molecule has 1 fully saturated rings. The van der Waals surface area contributed by atoms with Crippen molar-refractivity contribution in [1.29, 1.82) is 0 Å². The Morgan fingerprint density at radius 1 is 1.06 bits per heavy atom. The molecule has 2 aromatic carbocycles. The molecule has 7 nitrogen and oxygen atoms in total. The topological polar surface area (TPSA) is 79.0 Å². The monoisotopic (exact) mass is 447 g/mol. The number of carbonyl (C=O) groups is 3. The third kappa shape index (κ3) is 3.80. The molecular weight excluding hydrogens is 418 g/mol. The summed E-state index contributed by atoms with van der Waals surface area (Å²) in [6, 6.07) is 13.7. The van der Waals surface area contributed by atoms with Gasteiger partial charge in [0.25, 0.3) is 5.91 Å². The van der Waals surface area contributed by atoms with Crippen LogP contribution in [-0.2, 0) is 22.6 Å². The Kier molecular flexibility index (Phi) is 5.66. The molecule has 33 heavy (non-hydrogen) atoms. The SMILES string of the molecule is CCN(CC)[C@H]1c2ccccc2C[C@@H]1Oc1ccc2c(c1)CN(C1CCC(=O)NC1=O)C2=O. The summed E-state index contributed by atoms with van der Waals surface area (Å²) >= 11 is 0. The summed E-state index contributed by atoms with van der Waals surface area (Å²) in [5.74, 6) is -0.104. The third-order valence-electron chi connectivity index (χ3n) is 7.14. The lowest BCUT2D eigenvalue weighted by Gasteiger charge is -2.32. The Bertz CT molecular complexity index is 1110. The van der Waals surface area contributed by atoms with E-state index >= 15 is 0 Å². The molecule has 3 atom stereocenters. The van der Waals surface area contributed by atoms with E-state index in [4.69, 9.17) is 4.74 Å². The number of nitrogens with one attached hydrogen (secondary N) is 1. The highest BCUT2D eigenvalue weighted by Crippen LogP contribution is 2.39. The average Bonchev–Trinajstić information content (AvgIpc) is 3.32. The largest absolute Gasteiger partial charge is 0.488 e. The highest BCUT2D eigenvalue weighted by Gasteiger charge is 2.40. The van der Waals surface area contributed by atoms with Gasteiger partial charge in [0.05, 0.1) is 6.04 Å². The van der Waals surface area contributed by atoms with Crippen molar-refractivity contribution in [2.45, 2.75) is 57.8 Å². The predicted molar refractivity (Wildman–Crippen MR) is 123 cm³/mol. The van der Waals surface area contributed by atoms with Gasteiger partial charge in [-0.2, -0.15) is 0 Å². The maximum Gasteiger partial charge on any atom is 0.255 e. The Hall–Kier alpha value is -3.19. The van der Waals surface area contributed by atoms with Crippen molar-refractivity contribution in [3.05, 3.63) is 64.7 Å². The number of ether oxygens (including phenoxy) is 1. The minimum atomic E-state index is -0.608. The van der Waals surface area contributed by atoms with E-state index in [0.29, 0.717) is 18.5 Å². The number of benzene rings is 2. The molecule has 0 saturated carbocycles. The minimum Gasteiger partial charge on any atom is -0.488 e. The molecule has 1 unspecified atom stereocenters. The third-order valence-corrected chi connectivity index (χ3v) is 7.14. The highest BCUT2D eigenvalue weighted by atomic mass is 16.5. The number of amides is 3. The lowest BCUT2D eigenvalue weighted by molar-refractivity contribution is -0.136. The zero-order valence-electron chi connectivity index (χ0n) is 19.0. The van der Waals surface area contributed by atoms with E-state index < -0.39 is 11.9 Å². The van der Waals surface area contributed by atoms with Gasteiger partial charge in [-0.05, 0) is 54.4 Å². The van der Waals surface area contributed by atoms with Gasteiger partial charge in [0, 0.05) is 24.9 Å². The van der Waals surface area contributed by atoms with Crippen LogP contribution in [0.5, 0.6) is 5.75 Å². The fourth-order valence-electron chi connectivity index (χ4n) is 5.49. The van der Waals surface area contributed by atoms with Crippen LogP contribution in [0.3, 0.4) is 0 Å². The number of hydrogen-bond acceptors (Lipinski definition) is 5. The fraction of sp³-hybridized carbons (Fsp3) is 0.423. The van der Waals surface area contributed by atoms with Crippen molar-refractivity contribution in [3.8, 4) is 5.75 Å². The van der Waals surface area contributed by atoms with Crippen molar-refractivity contribution in [2.24, 2.45) is 0 Å². The molecule has 0 spiro atoms. The fourth-order valence-corrected chi connectivity index (χ4v) is 5.49. The summed E-state index contributed by atoms with van der Waals surface area (Å²) in [7, 11) is 0. The number of hydrogen-bond donors (Lipinski definition) is 1. The van der Waals surface area contributed by atoms with Crippen molar-refractivity contribution in [3.63, 3.8) is 0 Å². The number of carbonyl (C=O) groups excluding carboxylic acids is 3. The standard InChI is InChI=1S/C26H29N3O4/c1-3-28(4-2)24-19-8-6-5-7-16(19)14-22(24)33-18-9-10-20-17(13-18)15-29(26(20)32)21-11-12-23(30)27-25(21)31/h5-10,13,21-22,24H,3-4,11-12,14-15H2,1-2H3,(H,27,30,31)/t21?,22-,24-/m0/s1. The van der Waals surface area contributed by atoms with E-state index in [0.717, 1.165) is 30.8 Å². The second-order valence-corrected chi connectivity index (χ2v) is 8.94. The number of fused-ring (bicyclic) bond motifs is 2. The second kappa shape index (κ2) is 8.63. The zero-order valence-corrected chi connectivity index (χ0v) is 19.0. The summed E-state index contributed by atoms with van der Waals surface area (Å²) in [5, 5.41) is 2.35. The molecule has 1 aliphatic carbocycles. The van der Waals surface area contributed by atoms with Crippen LogP contribution < -0.4 is 10.1 Å². The number of nitrogens with zero attached hydrogens (tertiary/aromatic N) is 2. The first-order valence-corrected chi connectivity index (χ1v) is 11.8. The Balaban J connectivity index is 1.36. The maximum absolute atomic E-state index is 13.0. The van der Waals surface area contributed by atoms with E-state index in [1.54, 1.807) is 11.0 Å². The van der Waals surface area contributed by atoms with Crippen molar-refractivity contribution in [2.75, 3.05) is 13.1 Å². The summed E-state index contributed by atoms with van der Waals surface area (Å²) in [5.41, 5.74) is 4.10. The molecule has 0 aromatic heterocycles. The van der Waals surface area contributed by atoms with E-state index in [1.807, 2.05) is 12.1 Å². The Morgan fingerprint density at radius 2 is 1.85 bits per heavy atom. The first-order valence-electron chi connectivity index (χ1n) is 11.8. The highest BCUT2D eigenvalue weighted by molar-refractivity contribution is 6.05. The first-order chi connectivity index (χ1) is 16.0. The van der Waals surface area contributed by atoms with Gasteiger partial charge in [-0.3, -0.25) is 24.6 Å². The van der Waals surface area contributed by atoms with Crippen LogP contribution in [0.1, 0.15) is 59.8 Å². The molecule has 0 radical (unpaired) electrons. The minimum absolute atomic E-state index is 0.0105.